The molecule has 0 fully saturated rings. The summed E-state index contributed by atoms with van der Waals surface area (Å²) in [5, 5.41) is 10.2. The Balaban J connectivity index is 2.12. The van der Waals surface area contributed by atoms with Crippen molar-refractivity contribution in [1.29, 1.82) is 0 Å². The van der Waals surface area contributed by atoms with Crippen molar-refractivity contribution >= 4 is 40.9 Å². The Labute approximate surface area is 125 Å². The maximum atomic E-state index is 10.9. The van der Waals surface area contributed by atoms with E-state index in [1.807, 2.05) is 12.1 Å². The van der Waals surface area contributed by atoms with Crippen LogP contribution in [0.1, 0.15) is 15.9 Å². The molecule has 0 atom stereocenters. The zero-order chi connectivity index (χ0) is 13.8. The highest BCUT2D eigenvalue weighted by atomic mass is 35.5. The van der Waals surface area contributed by atoms with Gasteiger partial charge in [-0.05, 0) is 42.0 Å². The van der Waals surface area contributed by atoms with Gasteiger partial charge in [0.05, 0.1) is 5.56 Å². The van der Waals surface area contributed by atoms with Crippen molar-refractivity contribution in [3.63, 3.8) is 0 Å². The lowest BCUT2D eigenvalue weighted by Gasteiger charge is -2.05. The van der Waals surface area contributed by atoms with Gasteiger partial charge in [-0.2, -0.15) is 0 Å². The third-order valence-electron chi connectivity index (χ3n) is 2.48. The molecular weight excluding hydrogens is 303 g/mol. The van der Waals surface area contributed by atoms with E-state index in [1.54, 1.807) is 30.3 Å². The van der Waals surface area contributed by atoms with Gasteiger partial charge in [-0.15, -0.1) is 11.8 Å². The third kappa shape index (κ3) is 3.90. The maximum absolute atomic E-state index is 10.9. The Morgan fingerprint density at radius 2 is 1.95 bits per heavy atom. The average molecular weight is 313 g/mol. The summed E-state index contributed by atoms with van der Waals surface area (Å²) in [4.78, 5) is 11.8. The molecule has 0 aromatic heterocycles. The van der Waals surface area contributed by atoms with Crippen LogP contribution in [0.15, 0.2) is 47.4 Å². The van der Waals surface area contributed by atoms with Crippen molar-refractivity contribution in [3.05, 3.63) is 63.6 Å². The van der Waals surface area contributed by atoms with E-state index in [-0.39, 0.29) is 5.56 Å². The number of halogens is 2. The fourth-order valence-electron chi connectivity index (χ4n) is 1.53. The smallest absolute Gasteiger partial charge is 0.335 e. The van der Waals surface area contributed by atoms with E-state index in [2.05, 4.69) is 0 Å². The molecule has 19 heavy (non-hydrogen) atoms. The van der Waals surface area contributed by atoms with Gasteiger partial charge in [-0.25, -0.2) is 4.79 Å². The SMILES string of the molecule is O=C(O)c1cccc(SCc2cc(Cl)ccc2Cl)c1. The summed E-state index contributed by atoms with van der Waals surface area (Å²) in [5.41, 5.74) is 1.21. The molecule has 2 rings (SSSR count). The number of hydrogen-bond donors (Lipinski definition) is 1. The number of aromatic carboxylic acids is 1. The van der Waals surface area contributed by atoms with Gasteiger partial charge >= 0.3 is 5.97 Å². The van der Waals surface area contributed by atoms with Crippen LogP contribution in [0.3, 0.4) is 0 Å². The minimum atomic E-state index is -0.928. The van der Waals surface area contributed by atoms with Gasteiger partial charge in [-0.3, -0.25) is 0 Å². The highest BCUT2D eigenvalue weighted by Gasteiger charge is 2.06. The van der Waals surface area contributed by atoms with Crippen LogP contribution in [-0.4, -0.2) is 11.1 Å². The van der Waals surface area contributed by atoms with E-state index in [9.17, 15) is 4.79 Å². The predicted molar refractivity (Wildman–Crippen MR) is 79.4 cm³/mol. The van der Waals surface area contributed by atoms with E-state index in [4.69, 9.17) is 28.3 Å². The second-order valence-electron chi connectivity index (χ2n) is 3.86. The lowest BCUT2D eigenvalue weighted by atomic mass is 10.2. The molecule has 0 radical (unpaired) electrons. The first kappa shape index (κ1) is 14.3. The largest absolute Gasteiger partial charge is 0.478 e. The van der Waals surface area contributed by atoms with Gasteiger partial charge in [0.2, 0.25) is 0 Å². The molecule has 0 aliphatic heterocycles. The van der Waals surface area contributed by atoms with Gasteiger partial charge in [0.15, 0.2) is 0 Å². The Bertz CT molecular complexity index is 614. The Morgan fingerprint density at radius 1 is 1.16 bits per heavy atom. The highest BCUT2D eigenvalue weighted by Crippen LogP contribution is 2.29. The molecule has 0 saturated heterocycles. The minimum Gasteiger partial charge on any atom is -0.478 e. The van der Waals surface area contributed by atoms with Crippen molar-refractivity contribution in [1.82, 2.24) is 0 Å². The number of carbonyl (C=O) groups is 1. The fraction of sp³-hybridized carbons (Fsp3) is 0.0714. The van der Waals surface area contributed by atoms with Crippen LogP contribution in [0.2, 0.25) is 10.0 Å². The molecule has 2 nitrogen and oxygen atoms in total. The molecule has 0 aliphatic rings. The molecule has 0 aliphatic carbocycles. The number of rotatable bonds is 4. The topological polar surface area (TPSA) is 37.3 Å². The molecule has 5 heteroatoms. The Morgan fingerprint density at radius 3 is 2.68 bits per heavy atom. The first-order valence-corrected chi connectivity index (χ1v) is 7.20. The van der Waals surface area contributed by atoms with Crippen LogP contribution in [-0.2, 0) is 5.75 Å². The monoisotopic (exact) mass is 312 g/mol. The summed E-state index contributed by atoms with van der Waals surface area (Å²) >= 11 is 13.5. The summed E-state index contributed by atoms with van der Waals surface area (Å²) in [5.74, 6) is -0.286. The summed E-state index contributed by atoms with van der Waals surface area (Å²) in [6.45, 7) is 0. The predicted octanol–water partition coefficient (Wildman–Crippen LogP) is 4.98. The molecule has 0 bridgehead atoms. The molecule has 1 N–H and O–H groups in total. The van der Waals surface area contributed by atoms with Crippen molar-refractivity contribution < 1.29 is 9.90 Å². The van der Waals surface area contributed by atoms with Crippen LogP contribution >= 0.6 is 35.0 Å². The second kappa shape index (κ2) is 6.33. The number of carboxylic acid groups (broad SMARTS) is 1. The normalized spacial score (nSPS) is 10.4. The Hall–Kier alpha value is -1.16. The molecule has 0 heterocycles. The van der Waals surface area contributed by atoms with Gasteiger partial charge in [0.1, 0.15) is 0 Å². The summed E-state index contributed by atoms with van der Waals surface area (Å²) in [6.07, 6.45) is 0. The number of thioether (sulfide) groups is 1. The molecule has 0 spiro atoms. The minimum absolute atomic E-state index is 0.280. The van der Waals surface area contributed by atoms with Crippen molar-refractivity contribution in [3.8, 4) is 0 Å². The number of hydrogen-bond acceptors (Lipinski definition) is 2. The molecular formula is C14H10Cl2O2S. The fourth-order valence-corrected chi connectivity index (χ4v) is 2.94. The lowest BCUT2D eigenvalue weighted by Crippen LogP contribution is -1.95. The molecule has 2 aromatic carbocycles. The average Bonchev–Trinajstić information content (AvgIpc) is 2.40. The summed E-state index contributed by atoms with van der Waals surface area (Å²) in [7, 11) is 0. The van der Waals surface area contributed by atoms with Gasteiger partial charge in [-0.1, -0.05) is 29.3 Å². The first-order valence-electron chi connectivity index (χ1n) is 5.46. The van der Waals surface area contributed by atoms with E-state index in [0.717, 1.165) is 10.5 Å². The lowest BCUT2D eigenvalue weighted by molar-refractivity contribution is 0.0696. The number of benzene rings is 2. The van der Waals surface area contributed by atoms with Gasteiger partial charge in [0.25, 0.3) is 0 Å². The quantitative estimate of drug-likeness (QED) is 0.809. The standard InChI is InChI=1S/C14H10Cl2O2S/c15-11-4-5-13(16)10(6-11)8-19-12-3-1-2-9(7-12)14(17)18/h1-7H,8H2,(H,17,18). The zero-order valence-corrected chi connectivity index (χ0v) is 12.1. The first-order chi connectivity index (χ1) is 9.06. The van der Waals surface area contributed by atoms with E-state index in [0.29, 0.717) is 15.8 Å². The molecule has 98 valence electrons. The summed E-state index contributed by atoms with van der Waals surface area (Å²) in [6, 6.07) is 12.1. The van der Waals surface area contributed by atoms with Gasteiger partial charge in [0, 0.05) is 20.7 Å². The van der Waals surface area contributed by atoms with E-state index < -0.39 is 5.97 Å². The zero-order valence-electron chi connectivity index (χ0n) is 9.77. The van der Waals surface area contributed by atoms with Crippen LogP contribution in [0.5, 0.6) is 0 Å². The van der Waals surface area contributed by atoms with Crippen LogP contribution < -0.4 is 0 Å². The van der Waals surface area contributed by atoms with Crippen LogP contribution in [0.4, 0.5) is 0 Å². The molecule has 0 saturated carbocycles. The van der Waals surface area contributed by atoms with Crippen LogP contribution in [0, 0.1) is 0 Å². The van der Waals surface area contributed by atoms with Crippen LogP contribution in [0.25, 0.3) is 0 Å². The Kier molecular flexibility index (Phi) is 4.75. The van der Waals surface area contributed by atoms with E-state index in [1.165, 1.54) is 11.8 Å². The molecule has 0 unspecified atom stereocenters. The molecule has 0 amide bonds. The van der Waals surface area contributed by atoms with Crippen molar-refractivity contribution in [2.45, 2.75) is 10.6 Å². The van der Waals surface area contributed by atoms with Gasteiger partial charge < -0.3 is 5.11 Å². The maximum Gasteiger partial charge on any atom is 0.335 e. The third-order valence-corrected chi connectivity index (χ3v) is 4.13. The number of carboxylic acids is 1. The summed E-state index contributed by atoms with van der Waals surface area (Å²) < 4.78 is 0. The molecule has 2 aromatic rings. The second-order valence-corrected chi connectivity index (χ2v) is 5.75. The highest BCUT2D eigenvalue weighted by molar-refractivity contribution is 7.98. The van der Waals surface area contributed by atoms with E-state index >= 15 is 0 Å². The van der Waals surface area contributed by atoms with Crippen molar-refractivity contribution in [2.75, 3.05) is 0 Å². The van der Waals surface area contributed by atoms with Crippen molar-refractivity contribution in [2.24, 2.45) is 0 Å².